The van der Waals surface area contributed by atoms with Gasteiger partial charge in [-0.2, -0.15) is 0 Å². The molecule has 0 spiro atoms. The largest absolute Gasteiger partial charge is 0.873 e. The van der Waals surface area contributed by atoms with Gasteiger partial charge in [-0.05, 0) is 16.7 Å². The molecule has 0 radical (unpaired) electrons. The van der Waals surface area contributed by atoms with E-state index in [1.165, 1.54) is 0 Å². The van der Waals surface area contributed by atoms with Crippen molar-refractivity contribution in [2.75, 3.05) is 0 Å². The van der Waals surface area contributed by atoms with Crippen molar-refractivity contribution in [1.82, 2.24) is 0 Å². The molecule has 0 aliphatic rings. The van der Waals surface area contributed by atoms with Crippen LogP contribution in [0.1, 0.15) is 11.1 Å². The van der Waals surface area contributed by atoms with Gasteiger partial charge in [-0.25, -0.2) is 0 Å². The highest BCUT2D eigenvalue weighted by Crippen LogP contribution is 2.23. The predicted octanol–water partition coefficient (Wildman–Crippen LogP) is 2.99. The SMILES string of the molecule is C=C([O-])C=C(c1ccccc1)c1ccccc1. The van der Waals surface area contributed by atoms with E-state index in [1.54, 1.807) is 6.08 Å². The lowest BCUT2D eigenvalue weighted by Gasteiger charge is -2.11. The van der Waals surface area contributed by atoms with Gasteiger partial charge in [-0.1, -0.05) is 66.7 Å². The van der Waals surface area contributed by atoms with E-state index in [0.29, 0.717) is 0 Å². The Balaban J connectivity index is 2.51. The number of hydrogen-bond donors (Lipinski definition) is 0. The van der Waals surface area contributed by atoms with Crippen LogP contribution in [-0.2, 0) is 0 Å². The van der Waals surface area contributed by atoms with Crippen LogP contribution in [-0.4, -0.2) is 0 Å². The van der Waals surface area contributed by atoms with Gasteiger partial charge in [-0.3, -0.25) is 0 Å². The summed E-state index contributed by atoms with van der Waals surface area (Å²) < 4.78 is 0. The molecule has 2 aromatic rings. The van der Waals surface area contributed by atoms with Crippen LogP contribution < -0.4 is 5.11 Å². The summed E-state index contributed by atoms with van der Waals surface area (Å²) in [7, 11) is 0. The van der Waals surface area contributed by atoms with Crippen LogP contribution in [0.25, 0.3) is 5.57 Å². The maximum Gasteiger partial charge on any atom is -0.0118 e. The summed E-state index contributed by atoms with van der Waals surface area (Å²) in [5.41, 5.74) is 2.96. The zero-order valence-corrected chi connectivity index (χ0v) is 9.47. The smallest absolute Gasteiger partial charge is 0.0118 e. The molecule has 84 valence electrons. The van der Waals surface area contributed by atoms with Crippen LogP contribution in [0.15, 0.2) is 79.1 Å². The first kappa shape index (κ1) is 11.2. The molecule has 0 heterocycles. The van der Waals surface area contributed by atoms with Crippen molar-refractivity contribution in [3.05, 3.63) is 90.2 Å². The standard InChI is InChI=1S/C16H14O/c1-13(17)12-16(14-8-4-2-5-9-14)15-10-6-3-7-11-15/h2-12,17H,1H2/p-1. The molecule has 2 aromatic carbocycles. The molecule has 0 bridgehead atoms. The summed E-state index contributed by atoms with van der Waals surface area (Å²) in [4.78, 5) is 0. The molecule has 0 aliphatic heterocycles. The van der Waals surface area contributed by atoms with Gasteiger partial charge in [0.15, 0.2) is 0 Å². The number of hydrogen-bond acceptors (Lipinski definition) is 1. The molecule has 0 N–H and O–H groups in total. The summed E-state index contributed by atoms with van der Waals surface area (Å²) in [5.74, 6) is -0.187. The fourth-order valence-electron chi connectivity index (χ4n) is 1.73. The Morgan fingerprint density at radius 3 is 1.59 bits per heavy atom. The van der Waals surface area contributed by atoms with Crippen LogP contribution >= 0.6 is 0 Å². The van der Waals surface area contributed by atoms with E-state index in [-0.39, 0.29) is 5.76 Å². The third kappa shape index (κ3) is 2.85. The van der Waals surface area contributed by atoms with Crippen molar-refractivity contribution in [2.45, 2.75) is 0 Å². The van der Waals surface area contributed by atoms with Gasteiger partial charge in [0.1, 0.15) is 0 Å². The first-order chi connectivity index (χ1) is 8.27. The zero-order chi connectivity index (χ0) is 12.1. The lowest BCUT2D eigenvalue weighted by molar-refractivity contribution is -0.294. The fraction of sp³-hybridized carbons (Fsp3) is 0. The molecule has 0 saturated carbocycles. The third-order valence-corrected chi connectivity index (χ3v) is 2.47. The van der Waals surface area contributed by atoms with Gasteiger partial charge in [0.05, 0.1) is 0 Å². The first-order valence-corrected chi connectivity index (χ1v) is 5.46. The molecular formula is C16H13O-. The lowest BCUT2D eigenvalue weighted by Crippen LogP contribution is -1.99. The summed E-state index contributed by atoms with van der Waals surface area (Å²) in [6, 6.07) is 19.7. The molecule has 2 rings (SSSR count). The van der Waals surface area contributed by atoms with Crippen molar-refractivity contribution < 1.29 is 5.11 Å². The average Bonchev–Trinajstić information content (AvgIpc) is 2.38. The minimum Gasteiger partial charge on any atom is -0.873 e. The van der Waals surface area contributed by atoms with E-state index in [1.807, 2.05) is 60.7 Å². The van der Waals surface area contributed by atoms with Crippen molar-refractivity contribution in [3.63, 3.8) is 0 Å². The van der Waals surface area contributed by atoms with Crippen molar-refractivity contribution in [1.29, 1.82) is 0 Å². The highest BCUT2D eigenvalue weighted by Gasteiger charge is 2.02. The summed E-state index contributed by atoms with van der Waals surface area (Å²) in [5, 5.41) is 11.2. The maximum absolute atomic E-state index is 11.2. The van der Waals surface area contributed by atoms with Crippen LogP contribution in [0, 0.1) is 0 Å². The summed E-state index contributed by atoms with van der Waals surface area (Å²) in [6.07, 6.45) is 1.57. The molecule has 0 saturated heterocycles. The second kappa shape index (κ2) is 5.17. The van der Waals surface area contributed by atoms with Gasteiger partial charge in [0.2, 0.25) is 0 Å². The molecule has 0 fully saturated rings. The summed E-state index contributed by atoms with van der Waals surface area (Å²) in [6.45, 7) is 3.41. The second-order valence-electron chi connectivity index (χ2n) is 3.76. The van der Waals surface area contributed by atoms with Crippen LogP contribution in [0.5, 0.6) is 0 Å². The van der Waals surface area contributed by atoms with E-state index < -0.39 is 0 Å². The average molecular weight is 221 g/mol. The van der Waals surface area contributed by atoms with E-state index in [2.05, 4.69) is 6.58 Å². The van der Waals surface area contributed by atoms with E-state index in [4.69, 9.17) is 0 Å². The quantitative estimate of drug-likeness (QED) is 0.577. The molecule has 17 heavy (non-hydrogen) atoms. The van der Waals surface area contributed by atoms with Gasteiger partial charge in [0.25, 0.3) is 0 Å². The highest BCUT2D eigenvalue weighted by atomic mass is 16.3. The minimum atomic E-state index is -0.187. The minimum absolute atomic E-state index is 0.187. The normalized spacial score (nSPS) is 9.65. The highest BCUT2D eigenvalue weighted by molar-refractivity contribution is 5.80. The Labute approximate surface area is 101 Å². The zero-order valence-electron chi connectivity index (χ0n) is 9.47. The van der Waals surface area contributed by atoms with E-state index >= 15 is 0 Å². The molecule has 0 unspecified atom stereocenters. The summed E-state index contributed by atoms with van der Waals surface area (Å²) >= 11 is 0. The Hall–Kier alpha value is -2.28. The predicted molar refractivity (Wildman–Crippen MR) is 69.1 cm³/mol. The van der Waals surface area contributed by atoms with Gasteiger partial charge in [0, 0.05) is 0 Å². The number of benzene rings is 2. The lowest BCUT2D eigenvalue weighted by atomic mass is 9.97. The Bertz CT molecular complexity index is 482. The topological polar surface area (TPSA) is 23.1 Å². The monoisotopic (exact) mass is 221 g/mol. The molecule has 1 nitrogen and oxygen atoms in total. The van der Waals surface area contributed by atoms with Gasteiger partial charge in [-0.15, -0.1) is 12.3 Å². The number of allylic oxidation sites excluding steroid dienone is 1. The van der Waals surface area contributed by atoms with Crippen LogP contribution in [0.2, 0.25) is 0 Å². The van der Waals surface area contributed by atoms with Crippen molar-refractivity contribution in [2.24, 2.45) is 0 Å². The van der Waals surface area contributed by atoms with Crippen molar-refractivity contribution >= 4 is 5.57 Å². The van der Waals surface area contributed by atoms with E-state index in [0.717, 1.165) is 16.7 Å². The molecule has 0 amide bonds. The Kier molecular flexibility index (Phi) is 3.41. The molecule has 0 aromatic heterocycles. The first-order valence-electron chi connectivity index (χ1n) is 5.46. The third-order valence-electron chi connectivity index (χ3n) is 2.47. The molecule has 1 heteroatoms. The van der Waals surface area contributed by atoms with E-state index in [9.17, 15) is 5.11 Å². The Morgan fingerprint density at radius 2 is 1.24 bits per heavy atom. The van der Waals surface area contributed by atoms with Crippen LogP contribution in [0.4, 0.5) is 0 Å². The molecule has 0 atom stereocenters. The van der Waals surface area contributed by atoms with Crippen molar-refractivity contribution in [3.8, 4) is 0 Å². The fourth-order valence-corrected chi connectivity index (χ4v) is 1.73. The van der Waals surface area contributed by atoms with Gasteiger partial charge >= 0.3 is 0 Å². The van der Waals surface area contributed by atoms with Crippen LogP contribution in [0.3, 0.4) is 0 Å². The molecule has 0 aliphatic carbocycles. The Morgan fingerprint density at radius 1 is 0.824 bits per heavy atom. The number of rotatable bonds is 3. The maximum atomic E-state index is 11.2. The van der Waals surface area contributed by atoms with Gasteiger partial charge < -0.3 is 5.11 Å². The molecular weight excluding hydrogens is 208 g/mol. The second-order valence-corrected chi connectivity index (χ2v) is 3.76.